The van der Waals surface area contributed by atoms with Crippen molar-refractivity contribution in [2.24, 2.45) is 9.98 Å². The number of thioether (sulfide) groups is 1. The third kappa shape index (κ3) is 2.20. The van der Waals surface area contributed by atoms with Crippen molar-refractivity contribution < 1.29 is 9.59 Å². The average Bonchev–Trinajstić information content (AvgIpc) is 2.26. The summed E-state index contributed by atoms with van der Waals surface area (Å²) in [4.78, 5) is 28.1. The number of isocyanates is 2. The molecule has 0 aliphatic carbocycles. The number of hydrogen-bond donors (Lipinski definition) is 0. The Kier molecular flexibility index (Phi) is 3.37. The van der Waals surface area contributed by atoms with E-state index in [4.69, 9.17) is 0 Å². The van der Waals surface area contributed by atoms with Crippen LogP contribution in [-0.4, -0.2) is 34.7 Å². The van der Waals surface area contributed by atoms with Crippen LogP contribution in [0.3, 0.4) is 0 Å². The van der Waals surface area contributed by atoms with Crippen LogP contribution in [0, 0.1) is 0 Å². The van der Waals surface area contributed by atoms with Crippen LogP contribution in [0.5, 0.6) is 0 Å². The van der Waals surface area contributed by atoms with E-state index in [1.807, 2.05) is 11.8 Å². The van der Waals surface area contributed by atoms with Crippen molar-refractivity contribution in [3.8, 4) is 0 Å². The molecule has 4 unspecified atom stereocenters. The van der Waals surface area contributed by atoms with Gasteiger partial charge in [-0.1, -0.05) is 0 Å². The third-order valence-corrected chi connectivity index (χ3v) is 4.94. The van der Waals surface area contributed by atoms with E-state index in [1.165, 1.54) is 0 Å². The minimum Gasteiger partial charge on any atom is -0.211 e. The maximum absolute atomic E-state index is 10.2. The van der Waals surface area contributed by atoms with Gasteiger partial charge in [0, 0.05) is 10.5 Å². The van der Waals surface area contributed by atoms with Gasteiger partial charge in [0.05, 0.1) is 12.1 Å². The lowest BCUT2D eigenvalue weighted by molar-refractivity contribution is 0.406. The zero-order valence-electron chi connectivity index (χ0n) is 8.26. The van der Waals surface area contributed by atoms with Gasteiger partial charge in [-0.25, -0.2) is 19.6 Å². The van der Waals surface area contributed by atoms with Gasteiger partial charge in [-0.15, -0.1) is 0 Å². The van der Waals surface area contributed by atoms with E-state index >= 15 is 0 Å². The Bertz CT molecular complexity index is 302. The molecule has 0 aromatic carbocycles. The fraction of sp³-hybridized carbons (Fsp3) is 0.800. The quantitative estimate of drug-likeness (QED) is 0.527. The molecule has 2 aliphatic rings. The lowest BCUT2D eigenvalue weighted by Gasteiger charge is -2.40. The summed E-state index contributed by atoms with van der Waals surface area (Å²) in [6, 6.07) is 0.259. The van der Waals surface area contributed by atoms with Crippen LogP contribution < -0.4 is 0 Å². The normalized spacial score (nSPS) is 38.7. The highest BCUT2D eigenvalue weighted by Crippen LogP contribution is 2.43. The molecule has 0 spiro atoms. The molecule has 2 aliphatic heterocycles. The molecular weight excluding hydrogens is 212 g/mol. The second-order valence-electron chi connectivity index (χ2n) is 3.94. The van der Waals surface area contributed by atoms with Gasteiger partial charge in [-0.2, -0.15) is 11.8 Å². The maximum Gasteiger partial charge on any atom is 0.235 e. The van der Waals surface area contributed by atoms with Crippen molar-refractivity contribution in [3.63, 3.8) is 0 Å². The number of fused-ring (bicyclic) bond motifs is 2. The zero-order chi connectivity index (χ0) is 10.7. The lowest BCUT2D eigenvalue weighted by Crippen LogP contribution is -2.40. The predicted octanol–water partition coefficient (Wildman–Crippen LogP) is 1.45. The first-order chi connectivity index (χ1) is 7.35. The summed E-state index contributed by atoms with van der Waals surface area (Å²) in [5, 5.41) is 0.839. The lowest BCUT2D eigenvalue weighted by atomic mass is 9.92. The Morgan fingerprint density at radius 1 is 0.867 bits per heavy atom. The van der Waals surface area contributed by atoms with Crippen LogP contribution in [-0.2, 0) is 9.59 Å². The Labute approximate surface area is 92.2 Å². The van der Waals surface area contributed by atoms with Crippen LogP contribution >= 0.6 is 11.8 Å². The minimum atomic E-state index is 0.130. The second kappa shape index (κ2) is 4.75. The molecular formula is C10H12N2O2S. The summed E-state index contributed by atoms with van der Waals surface area (Å²) in [7, 11) is 0. The van der Waals surface area contributed by atoms with Crippen LogP contribution in [0.25, 0.3) is 0 Å². The van der Waals surface area contributed by atoms with Crippen LogP contribution in [0.15, 0.2) is 9.98 Å². The van der Waals surface area contributed by atoms with Gasteiger partial charge in [-0.3, -0.25) is 0 Å². The first-order valence-corrected chi connectivity index (χ1v) is 6.09. The predicted molar refractivity (Wildman–Crippen MR) is 57.5 cm³/mol. The van der Waals surface area contributed by atoms with E-state index in [2.05, 4.69) is 9.98 Å². The van der Waals surface area contributed by atoms with E-state index < -0.39 is 0 Å². The largest absolute Gasteiger partial charge is 0.235 e. The molecule has 0 aromatic rings. The molecule has 5 heteroatoms. The highest BCUT2D eigenvalue weighted by atomic mass is 32.2. The summed E-state index contributed by atoms with van der Waals surface area (Å²) in [6.45, 7) is 0. The van der Waals surface area contributed by atoms with Crippen molar-refractivity contribution in [2.75, 3.05) is 0 Å². The SMILES string of the molecule is O=C=NC1CCC2SC1CCC2N=C=O. The van der Waals surface area contributed by atoms with Crippen molar-refractivity contribution in [1.82, 2.24) is 0 Å². The molecule has 0 amide bonds. The molecule has 2 bridgehead atoms. The Morgan fingerprint density at radius 2 is 1.33 bits per heavy atom. The summed E-state index contributed by atoms with van der Waals surface area (Å²) in [6.07, 6.45) is 7.10. The topological polar surface area (TPSA) is 58.9 Å². The van der Waals surface area contributed by atoms with Gasteiger partial charge in [0.15, 0.2) is 0 Å². The summed E-state index contributed by atoms with van der Waals surface area (Å²) in [5.41, 5.74) is 0. The number of hydrogen-bond acceptors (Lipinski definition) is 5. The molecule has 0 aromatic heterocycles. The highest BCUT2D eigenvalue weighted by Gasteiger charge is 2.39. The van der Waals surface area contributed by atoms with Gasteiger partial charge in [-0.05, 0) is 25.7 Å². The standard InChI is InChI=1S/C10H12N2O2S/c13-5-11-7-1-3-9-8(12-6-14)2-4-10(7)15-9/h7-10H,1-4H2. The summed E-state index contributed by atoms with van der Waals surface area (Å²) < 4.78 is 0. The Balaban J connectivity index is 2.05. The smallest absolute Gasteiger partial charge is 0.211 e. The van der Waals surface area contributed by atoms with E-state index in [-0.39, 0.29) is 12.1 Å². The van der Waals surface area contributed by atoms with E-state index in [1.54, 1.807) is 12.2 Å². The fourth-order valence-corrected chi connectivity index (χ4v) is 4.15. The van der Waals surface area contributed by atoms with Crippen LogP contribution in [0.1, 0.15) is 25.7 Å². The molecule has 80 valence electrons. The molecule has 0 radical (unpaired) electrons. The van der Waals surface area contributed by atoms with E-state index in [0.29, 0.717) is 10.5 Å². The molecule has 4 atom stereocenters. The fourth-order valence-electron chi connectivity index (χ4n) is 2.40. The maximum atomic E-state index is 10.2. The number of carbonyl (C=O) groups excluding carboxylic acids is 2. The van der Waals surface area contributed by atoms with Gasteiger partial charge in [0.1, 0.15) is 0 Å². The highest BCUT2D eigenvalue weighted by molar-refractivity contribution is 8.00. The van der Waals surface area contributed by atoms with Crippen molar-refractivity contribution >= 4 is 23.9 Å². The van der Waals surface area contributed by atoms with Crippen molar-refractivity contribution in [3.05, 3.63) is 0 Å². The van der Waals surface area contributed by atoms with E-state index in [9.17, 15) is 9.59 Å². The Morgan fingerprint density at radius 3 is 1.73 bits per heavy atom. The Hall–Kier alpha value is -0.890. The second-order valence-corrected chi connectivity index (χ2v) is 5.43. The third-order valence-electron chi connectivity index (χ3n) is 3.14. The molecule has 2 rings (SSSR count). The monoisotopic (exact) mass is 224 g/mol. The number of aliphatic imine (C=N–C) groups is 2. The number of nitrogens with zero attached hydrogens (tertiary/aromatic N) is 2. The van der Waals surface area contributed by atoms with Gasteiger partial charge < -0.3 is 0 Å². The first-order valence-electron chi connectivity index (χ1n) is 5.14. The van der Waals surface area contributed by atoms with E-state index in [0.717, 1.165) is 25.7 Å². The van der Waals surface area contributed by atoms with Gasteiger partial charge in [0.2, 0.25) is 12.2 Å². The van der Waals surface area contributed by atoms with Crippen LogP contribution in [0.2, 0.25) is 0 Å². The summed E-state index contributed by atoms with van der Waals surface area (Å²) >= 11 is 1.82. The molecule has 2 heterocycles. The molecule has 2 saturated heterocycles. The molecule has 2 fully saturated rings. The zero-order valence-corrected chi connectivity index (χ0v) is 9.07. The molecule has 15 heavy (non-hydrogen) atoms. The van der Waals surface area contributed by atoms with Crippen LogP contribution in [0.4, 0.5) is 0 Å². The molecule has 0 saturated carbocycles. The van der Waals surface area contributed by atoms with Crippen molar-refractivity contribution in [2.45, 2.75) is 48.3 Å². The summed E-state index contributed by atoms with van der Waals surface area (Å²) in [5.74, 6) is 0. The minimum absolute atomic E-state index is 0.130. The number of rotatable bonds is 2. The van der Waals surface area contributed by atoms with Crippen molar-refractivity contribution in [1.29, 1.82) is 0 Å². The van der Waals surface area contributed by atoms with Gasteiger partial charge in [0.25, 0.3) is 0 Å². The van der Waals surface area contributed by atoms with Gasteiger partial charge >= 0.3 is 0 Å². The first kappa shape index (κ1) is 10.6. The molecule has 4 nitrogen and oxygen atoms in total. The molecule has 0 N–H and O–H groups in total. The average molecular weight is 224 g/mol.